The highest BCUT2D eigenvalue weighted by molar-refractivity contribution is 7.89. The Morgan fingerprint density at radius 3 is 2.23 bits per heavy atom. The van der Waals surface area contributed by atoms with E-state index in [1.807, 2.05) is 30.3 Å². The Kier molecular flexibility index (Phi) is 7.46. The fraction of sp³-hybridized carbons (Fsp3) is 0.136. The third-order valence-corrected chi connectivity index (χ3v) is 5.84. The molecule has 3 aromatic rings. The Bertz CT molecular complexity index is 1070. The molecule has 0 unspecified atom stereocenters. The highest BCUT2D eigenvalue weighted by atomic mass is 35.5. The van der Waals surface area contributed by atoms with Gasteiger partial charge in [-0.1, -0.05) is 41.9 Å². The van der Waals surface area contributed by atoms with Crippen molar-refractivity contribution >= 4 is 33.2 Å². The normalized spacial score (nSPS) is 11.1. The zero-order valence-corrected chi connectivity index (χ0v) is 17.6. The number of hydrogen-bond acceptors (Lipinski definition) is 4. The lowest BCUT2D eigenvalue weighted by Crippen LogP contribution is -2.23. The van der Waals surface area contributed by atoms with Crippen molar-refractivity contribution in [2.45, 2.75) is 17.9 Å². The van der Waals surface area contributed by atoms with Gasteiger partial charge in [-0.05, 0) is 54.1 Å². The third kappa shape index (κ3) is 6.59. The number of halogens is 1. The van der Waals surface area contributed by atoms with E-state index in [-0.39, 0.29) is 30.4 Å². The van der Waals surface area contributed by atoms with Crippen molar-refractivity contribution in [3.05, 3.63) is 89.4 Å². The molecule has 0 heterocycles. The van der Waals surface area contributed by atoms with Crippen LogP contribution in [0.4, 0.5) is 5.69 Å². The van der Waals surface area contributed by atoms with Crippen LogP contribution in [0.5, 0.6) is 5.75 Å². The average molecular weight is 445 g/mol. The lowest BCUT2D eigenvalue weighted by atomic mass is 10.2. The van der Waals surface area contributed by atoms with Crippen molar-refractivity contribution < 1.29 is 17.9 Å². The van der Waals surface area contributed by atoms with Crippen LogP contribution >= 0.6 is 11.6 Å². The zero-order chi connectivity index (χ0) is 21.4. The van der Waals surface area contributed by atoms with Crippen LogP contribution in [0, 0.1) is 0 Å². The Morgan fingerprint density at radius 1 is 0.900 bits per heavy atom. The molecule has 3 rings (SSSR count). The van der Waals surface area contributed by atoms with Crippen LogP contribution in [0.2, 0.25) is 5.02 Å². The first kappa shape index (κ1) is 21.8. The molecule has 0 aliphatic carbocycles. The fourth-order valence-corrected chi connectivity index (χ4v) is 3.73. The number of ether oxygens (including phenoxy) is 1. The molecule has 0 bridgehead atoms. The summed E-state index contributed by atoms with van der Waals surface area (Å²) in [5, 5.41) is 3.33. The number of carbonyl (C=O) groups is 1. The van der Waals surface area contributed by atoms with Crippen molar-refractivity contribution in [1.82, 2.24) is 4.72 Å². The first-order chi connectivity index (χ1) is 14.4. The molecule has 0 radical (unpaired) electrons. The van der Waals surface area contributed by atoms with Crippen LogP contribution < -0.4 is 14.8 Å². The summed E-state index contributed by atoms with van der Waals surface area (Å²) in [6.45, 7) is 0.415. The van der Waals surface area contributed by atoms with Crippen molar-refractivity contribution in [3.8, 4) is 5.75 Å². The molecule has 3 aromatic carbocycles. The number of anilines is 1. The molecule has 156 valence electrons. The molecule has 1 amide bonds. The summed E-state index contributed by atoms with van der Waals surface area (Å²) in [6.07, 6.45) is 0.154. The molecule has 6 nitrogen and oxygen atoms in total. The SMILES string of the molecule is O=C(CCOc1ccc(Cl)cc1)Nc1ccc(S(=O)(=O)NCc2ccccc2)cc1. The van der Waals surface area contributed by atoms with Gasteiger partial charge in [0.1, 0.15) is 5.75 Å². The van der Waals surface area contributed by atoms with Gasteiger partial charge >= 0.3 is 0 Å². The first-order valence-corrected chi connectivity index (χ1v) is 11.1. The molecular formula is C22H21ClN2O4S. The van der Waals surface area contributed by atoms with Crippen molar-refractivity contribution in [3.63, 3.8) is 0 Å². The molecule has 0 atom stereocenters. The minimum absolute atomic E-state index is 0.127. The largest absolute Gasteiger partial charge is 0.493 e. The summed E-state index contributed by atoms with van der Waals surface area (Å²) in [4.78, 5) is 12.2. The molecule has 0 spiro atoms. The van der Waals surface area contributed by atoms with E-state index in [0.29, 0.717) is 16.5 Å². The van der Waals surface area contributed by atoms with Gasteiger partial charge in [0, 0.05) is 17.3 Å². The standard InChI is InChI=1S/C22H21ClN2O4S/c23-18-6-10-20(11-7-18)29-15-14-22(26)25-19-8-12-21(13-9-19)30(27,28)24-16-17-4-2-1-3-5-17/h1-13,24H,14-16H2,(H,25,26). The van der Waals surface area contributed by atoms with Gasteiger partial charge in [0.2, 0.25) is 15.9 Å². The molecule has 0 saturated heterocycles. The number of hydrogen-bond donors (Lipinski definition) is 2. The highest BCUT2D eigenvalue weighted by Gasteiger charge is 2.14. The number of rotatable bonds is 9. The molecule has 30 heavy (non-hydrogen) atoms. The second-order valence-corrected chi connectivity index (χ2v) is 8.64. The number of carbonyl (C=O) groups excluding carboxylic acids is 1. The second kappa shape index (κ2) is 10.2. The Morgan fingerprint density at radius 2 is 1.57 bits per heavy atom. The second-order valence-electron chi connectivity index (χ2n) is 6.44. The van der Waals surface area contributed by atoms with Crippen LogP contribution in [0.25, 0.3) is 0 Å². The molecule has 0 fully saturated rings. The molecule has 0 aliphatic rings. The van der Waals surface area contributed by atoms with Gasteiger partial charge in [0.25, 0.3) is 0 Å². The van der Waals surface area contributed by atoms with Crippen LogP contribution in [0.3, 0.4) is 0 Å². The van der Waals surface area contributed by atoms with E-state index in [9.17, 15) is 13.2 Å². The smallest absolute Gasteiger partial charge is 0.240 e. The zero-order valence-electron chi connectivity index (χ0n) is 16.0. The molecule has 0 saturated carbocycles. The van der Waals surface area contributed by atoms with E-state index >= 15 is 0 Å². The number of benzene rings is 3. The van der Waals surface area contributed by atoms with E-state index in [0.717, 1.165) is 5.56 Å². The molecule has 8 heteroatoms. The van der Waals surface area contributed by atoms with E-state index in [4.69, 9.17) is 16.3 Å². The van der Waals surface area contributed by atoms with Gasteiger partial charge in [0.05, 0.1) is 17.9 Å². The maximum Gasteiger partial charge on any atom is 0.240 e. The van der Waals surface area contributed by atoms with Crippen molar-refractivity contribution in [2.24, 2.45) is 0 Å². The number of sulfonamides is 1. The topological polar surface area (TPSA) is 84.5 Å². The van der Waals surface area contributed by atoms with Gasteiger partial charge in [-0.2, -0.15) is 0 Å². The Balaban J connectivity index is 1.48. The minimum Gasteiger partial charge on any atom is -0.493 e. The van der Waals surface area contributed by atoms with Gasteiger partial charge in [0.15, 0.2) is 0 Å². The quantitative estimate of drug-likeness (QED) is 0.517. The van der Waals surface area contributed by atoms with Crippen LogP contribution in [-0.4, -0.2) is 20.9 Å². The highest BCUT2D eigenvalue weighted by Crippen LogP contribution is 2.17. The maximum absolute atomic E-state index is 12.4. The van der Waals surface area contributed by atoms with Gasteiger partial charge in [-0.15, -0.1) is 0 Å². The summed E-state index contributed by atoms with van der Waals surface area (Å²) < 4.78 is 32.9. The van der Waals surface area contributed by atoms with Crippen molar-refractivity contribution in [1.29, 1.82) is 0 Å². The Labute approximate surface area is 180 Å². The fourth-order valence-electron chi connectivity index (χ4n) is 2.59. The molecule has 0 aromatic heterocycles. The number of nitrogens with one attached hydrogen (secondary N) is 2. The summed E-state index contributed by atoms with van der Waals surface area (Å²) in [7, 11) is -3.64. The van der Waals surface area contributed by atoms with Crippen LogP contribution in [0.15, 0.2) is 83.8 Å². The lowest BCUT2D eigenvalue weighted by molar-refractivity contribution is -0.116. The maximum atomic E-state index is 12.4. The average Bonchev–Trinajstić information content (AvgIpc) is 2.75. The summed E-state index contributed by atoms with van der Waals surface area (Å²) in [5.74, 6) is 0.395. The van der Waals surface area contributed by atoms with E-state index in [1.165, 1.54) is 12.1 Å². The Hall–Kier alpha value is -2.87. The first-order valence-electron chi connectivity index (χ1n) is 9.24. The summed E-state index contributed by atoms with van der Waals surface area (Å²) in [5.41, 5.74) is 1.37. The monoisotopic (exact) mass is 444 g/mol. The predicted octanol–water partition coefficient (Wildman–Crippen LogP) is 4.23. The summed E-state index contributed by atoms with van der Waals surface area (Å²) >= 11 is 5.81. The minimum atomic E-state index is -3.64. The van der Waals surface area contributed by atoms with Crippen molar-refractivity contribution in [2.75, 3.05) is 11.9 Å². The predicted molar refractivity (Wildman–Crippen MR) is 117 cm³/mol. The van der Waals surface area contributed by atoms with Gasteiger partial charge in [-0.25, -0.2) is 13.1 Å². The van der Waals surface area contributed by atoms with E-state index in [1.54, 1.807) is 36.4 Å². The lowest BCUT2D eigenvalue weighted by Gasteiger charge is -2.09. The van der Waals surface area contributed by atoms with Gasteiger partial charge in [-0.3, -0.25) is 4.79 Å². The molecular weight excluding hydrogens is 424 g/mol. The molecule has 2 N–H and O–H groups in total. The molecule has 0 aliphatic heterocycles. The third-order valence-electron chi connectivity index (χ3n) is 4.17. The van der Waals surface area contributed by atoms with Gasteiger partial charge < -0.3 is 10.1 Å². The van der Waals surface area contributed by atoms with E-state index < -0.39 is 10.0 Å². The number of amides is 1. The summed E-state index contributed by atoms with van der Waals surface area (Å²) in [6, 6.07) is 22.1. The van der Waals surface area contributed by atoms with Crippen LogP contribution in [0.1, 0.15) is 12.0 Å². The van der Waals surface area contributed by atoms with Crippen LogP contribution in [-0.2, 0) is 21.4 Å². The van der Waals surface area contributed by atoms with E-state index in [2.05, 4.69) is 10.0 Å².